The molecule has 3 nitrogen and oxygen atoms in total. The molecule has 0 aliphatic carbocycles. The predicted molar refractivity (Wildman–Crippen MR) is 71.2 cm³/mol. The molecule has 0 spiro atoms. The highest BCUT2D eigenvalue weighted by molar-refractivity contribution is 9.09. The normalized spacial score (nSPS) is 15.1. The zero-order valence-corrected chi connectivity index (χ0v) is 11.4. The summed E-state index contributed by atoms with van der Waals surface area (Å²) in [5, 5.41) is 3.11. The van der Waals surface area contributed by atoms with Gasteiger partial charge in [-0.3, -0.25) is 4.79 Å². The summed E-state index contributed by atoms with van der Waals surface area (Å²) in [7, 11) is 1.92. The van der Waals surface area contributed by atoms with Crippen LogP contribution in [0.5, 0.6) is 0 Å². The fourth-order valence-corrected chi connectivity index (χ4v) is 3.16. The van der Waals surface area contributed by atoms with Gasteiger partial charge in [0.25, 0.3) is 0 Å². The lowest BCUT2D eigenvalue weighted by Gasteiger charge is -2.27. The lowest BCUT2D eigenvalue weighted by molar-refractivity contribution is -0.116. The van der Waals surface area contributed by atoms with Crippen LogP contribution in [0.15, 0.2) is 23.1 Å². The highest BCUT2D eigenvalue weighted by atomic mass is 79.9. The van der Waals surface area contributed by atoms with Crippen molar-refractivity contribution in [3.63, 3.8) is 0 Å². The minimum Gasteiger partial charge on any atom is -0.316 e. The Kier molecular flexibility index (Phi) is 3.89. The number of nitrogens with zero attached hydrogens (tertiary/aromatic N) is 1. The average molecular weight is 301 g/mol. The van der Waals surface area contributed by atoms with Crippen molar-refractivity contribution in [2.45, 2.75) is 11.4 Å². The molecular formula is C11H13BrN2OS. The number of amides is 1. The minimum atomic E-state index is 0.163. The zero-order valence-electron chi connectivity index (χ0n) is 9.00. The van der Waals surface area contributed by atoms with Crippen molar-refractivity contribution in [3.8, 4) is 0 Å². The van der Waals surface area contributed by atoms with Gasteiger partial charge < -0.3 is 10.2 Å². The van der Waals surface area contributed by atoms with E-state index in [0.29, 0.717) is 11.2 Å². The van der Waals surface area contributed by atoms with E-state index in [1.165, 1.54) is 10.5 Å². The van der Waals surface area contributed by atoms with Crippen LogP contribution >= 0.6 is 27.7 Å². The zero-order chi connectivity index (χ0) is 11.5. The van der Waals surface area contributed by atoms with Gasteiger partial charge in [-0.05, 0) is 24.7 Å². The quantitative estimate of drug-likeness (QED) is 0.686. The monoisotopic (exact) mass is 300 g/mol. The van der Waals surface area contributed by atoms with Crippen LogP contribution < -0.4 is 10.2 Å². The van der Waals surface area contributed by atoms with Crippen molar-refractivity contribution in [1.29, 1.82) is 0 Å². The van der Waals surface area contributed by atoms with Crippen LogP contribution in [-0.2, 0) is 11.3 Å². The summed E-state index contributed by atoms with van der Waals surface area (Å²) in [6, 6.07) is 6.27. The van der Waals surface area contributed by atoms with Crippen molar-refractivity contribution in [1.82, 2.24) is 5.32 Å². The van der Waals surface area contributed by atoms with Gasteiger partial charge in [-0.15, -0.1) is 11.8 Å². The molecule has 0 bridgehead atoms. The highest BCUT2D eigenvalue weighted by Gasteiger charge is 2.23. The van der Waals surface area contributed by atoms with E-state index in [-0.39, 0.29) is 5.91 Å². The van der Waals surface area contributed by atoms with Crippen molar-refractivity contribution >= 4 is 39.3 Å². The lowest BCUT2D eigenvalue weighted by atomic mass is 10.2. The smallest absolute Gasteiger partial charge is 0.238 e. The number of alkyl halides is 1. The number of nitrogens with one attached hydrogen (secondary N) is 1. The average Bonchev–Trinajstić information content (AvgIpc) is 2.29. The molecule has 0 unspecified atom stereocenters. The molecule has 86 valence electrons. The molecule has 0 aromatic heterocycles. The van der Waals surface area contributed by atoms with Crippen LogP contribution in [0, 0.1) is 0 Å². The van der Waals surface area contributed by atoms with E-state index >= 15 is 0 Å². The highest BCUT2D eigenvalue weighted by Crippen LogP contribution is 2.36. The number of rotatable bonds is 3. The van der Waals surface area contributed by atoms with E-state index in [1.807, 2.05) is 7.05 Å². The van der Waals surface area contributed by atoms with E-state index < -0.39 is 0 Å². The van der Waals surface area contributed by atoms with Crippen LogP contribution in [0.1, 0.15) is 5.56 Å². The van der Waals surface area contributed by atoms with Crippen molar-refractivity contribution in [2.75, 3.05) is 23.2 Å². The number of hydrogen-bond acceptors (Lipinski definition) is 3. The van der Waals surface area contributed by atoms with E-state index in [0.717, 1.165) is 12.2 Å². The van der Waals surface area contributed by atoms with Gasteiger partial charge in [0.2, 0.25) is 5.91 Å². The maximum absolute atomic E-state index is 11.7. The molecule has 0 saturated carbocycles. The topological polar surface area (TPSA) is 32.3 Å². The van der Waals surface area contributed by atoms with Crippen LogP contribution in [-0.4, -0.2) is 24.2 Å². The second-order valence-electron chi connectivity index (χ2n) is 3.56. The first-order chi connectivity index (χ1) is 7.76. The minimum absolute atomic E-state index is 0.163. The Morgan fingerprint density at radius 2 is 2.38 bits per heavy atom. The van der Waals surface area contributed by atoms with Gasteiger partial charge in [-0.25, -0.2) is 0 Å². The summed E-state index contributed by atoms with van der Waals surface area (Å²) in [6.45, 7) is 0.822. The second-order valence-corrected chi connectivity index (χ2v) is 5.08. The number of carbonyl (C=O) groups is 1. The summed E-state index contributed by atoms with van der Waals surface area (Å²) in [5.74, 6) is 0.695. The van der Waals surface area contributed by atoms with E-state index in [1.54, 1.807) is 16.7 Å². The van der Waals surface area contributed by atoms with Gasteiger partial charge >= 0.3 is 0 Å². The van der Waals surface area contributed by atoms with Gasteiger partial charge in [-0.2, -0.15) is 0 Å². The van der Waals surface area contributed by atoms with E-state index in [4.69, 9.17) is 0 Å². The Morgan fingerprint density at radius 1 is 1.56 bits per heavy atom. The van der Waals surface area contributed by atoms with Crippen LogP contribution in [0.3, 0.4) is 0 Å². The molecule has 0 saturated heterocycles. The molecule has 1 heterocycles. The molecule has 1 amide bonds. The molecule has 0 radical (unpaired) electrons. The van der Waals surface area contributed by atoms with Crippen LogP contribution in [0.2, 0.25) is 0 Å². The Morgan fingerprint density at radius 3 is 3.06 bits per heavy atom. The number of carbonyl (C=O) groups excluding carboxylic acids is 1. The first-order valence-corrected chi connectivity index (χ1v) is 7.13. The first kappa shape index (κ1) is 12.0. The third-order valence-corrected chi connectivity index (χ3v) is 4.02. The third kappa shape index (κ3) is 2.26. The fourth-order valence-electron chi connectivity index (χ4n) is 1.69. The van der Waals surface area contributed by atoms with Gasteiger partial charge in [-0.1, -0.05) is 22.0 Å². The number of benzene rings is 1. The van der Waals surface area contributed by atoms with Crippen LogP contribution in [0.4, 0.5) is 5.69 Å². The number of fused-ring (bicyclic) bond motifs is 1. The molecular weight excluding hydrogens is 288 g/mol. The Hall–Kier alpha value is -0.520. The predicted octanol–water partition coefficient (Wildman–Crippen LogP) is 2.20. The Balaban J connectivity index is 2.37. The van der Waals surface area contributed by atoms with Crippen molar-refractivity contribution < 1.29 is 4.79 Å². The van der Waals surface area contributed by atoms with Gasteiger partial charge in [0.05, 0.1) is 16.9 Å². The molecule has 16 heavy (non-hydrogen) atoms. The molecule has 1 N–H and O–H groups in total. The standard InChI is InChI=1S/C11H13BrN2OS/c1-13-5-8-2-3-10-9(4-8)14(7-12)11(15)6-16-10/h2-4,13H,5-7H2,1H3. The summed E-state index contributed by atoms with van der Waals surface area (Å²) in [4.78, 5) is 14.7. The fraction of sp³-hybridized carbons (Fsp3) is 0.364. The maximum atomic E-state index is 11.7. The number of thioether (sulfide) groups is 1. The summed E-state index contributed by atoms with van der Waals surface area (Å²) < 4.78 is 0. The third-order valence-electron chi connectivity index (χ3n) is 2.47. The molecule has 1 aliphatic rings. The van der Waals surface area contributed by atoms with E-state index in [2.05, 4.69) is 39.4 Å². The van der Waals surface area contributed by atoms with Crippen LogP contribution in [0.25, 0.3) is 0 Å². The molecule has 1 aliphatic heterocycles. The first-order valence-electron chi connectivity index (χ1n) is 5.03. The Labute approximate surface area is 108 Å². The summed E-state index contributed by atoms with van der Waals surface area (Å²) in [6.07, 6.45) is 0. The van der Waals surface area contributed by atoms with Gasteiger partial charge in [0.15, 0.2) is 0 Å². The Bertz CT molecular complexity index is 411. The second kappa shape index (κ2) is 5.21. The molecule has 0 fully saturated rings. The maximum Gasteiger partial charge on any atom is 0.238 e. The SMILES string of the molecule is CNCc1ccc2c(c1)N(CBr)C(=O)CS2. The number of halogens is 1. The summed E-state index contributed by atoms with van der Waals surface area (Å²) in [5.41, 5.74) is 2.77. The van der Waals surface area contributed by atoms with Crippen molar-refractivity contribution in [2.24, 2.45) is 0 Å². The number of anilines is 1. The molecule has 1 aromatic carbocycles. The summed E-state index contributed by atoms with van der Waals surface area (Å²) >= 11 is 4.98. The molecule has 2 rings (SSSR count). The van der Waals surface area contributed by atoms with E-state index in [9.17, 15) is 4.79 Å². The lowest BCUT2D eigenvalue weighted by Crippen LogP contribution is -2.34. The molecule has 5 heteroatoms. The largest absolute Gasteiger partial charge is 0.316 e. The van der Waals surface area contributed by atoms with Gasteiger partial charge in [0.1, 0.15) is 0 Å². The molecule has 0 atom stereocenters. The molecule has 1 aromatic rings. The van der Waals surface area contributed by atoms with Crippen molar-refractivity contribution in [3.05, 3.63) is 23.8 Å². The number of hydrogen-bond donors (Lipinski definition) is 1. The van der Waals surface area contributed by atoms with Gasteiger partial charge in [0, 0.05) is 11.4 Å².